The molecule has 0 aliphatic heterocycles. The van der Waals surface area contributed by atoms with Gasteiger partial charge in [-0.3, -0.25) is 9.52 Å². The van der Waals surface area contributed by atoms with Crippen molar-refractivity contribution in [1.29, 1.82) is 5.26 Å². The van der Waals surface area contributed by atoms with Crippen LogP contribution in [0.15, 0.2) is 48.5 Å². The first-order chi connectivity index (χ1) is 13.6. The smallest absolute Gasteiger partial charge is 0.347 e. The van der Waals surface area contributed by atoms with Crippen LogP contribution in [0.2, 0.25) is 0 Å². The Morgan fingerprint density at radius 2 is 1.59 bits per heavy atom. The van der Waals surface area contributed by atoms with Crippen molar-refractivity contribution < 1.29 is 27.5 Å². The molecule has 0 saturated carbocycles. The van der Waals surface area contributed by atoms with Crippen molar-refractivity contribution >= 4 is 27.5 Å². The predicted octanol–water partition coefficient (Wildman–Crippen LogP) is 2.51. The molecule has 0 saturated heterocycles. The lowest BCUT2D eigenvalue weighted by molar-refractivity contribution is -0.153. The van der Waals surface area contributed by atoms with E-state index in [1.165, 1.54) is 38.1 Å². The lowest BCUT2D eigenvalue weighted by Gasteiger charge is -2.17. The van der Waals surface area contributed by atoms with Crippen LogP contribution in [0.3, 0.4) is 0 Å². The van der Waals surface area contributed by atoms with Gasteiger partial charge in [0.2, 0.25) is 15.8 Å². The third-order valence-electron chi connectivity index (χ3n) is 3.76. The van der Waals surface area contributed by atoms with Crippen molar-refractivity contribution in [2.24, 2.45) is 0 Å². The number of hydrogen-bond acceptors (Lipinski definition) is 7. The Hall–Kier alpha value is -3.38. The minimum atomic E-state index is -3.42. The molecule has 2 aromatic rings. The van der Waals surface area contributed by atoms with E-state index in [9.17, 15) is 18.0 Å². The maximum absolute atomic E-state index is 12.4. The maximum atomic E-state index is 12.4. The molecule has 0 amide bonds. The molecule has 0 spiro atoms. The summed E-state index contributed by atoms with van der Waals surface area (Å²) < 4.78 is 35.4. The summed E-state index contributed by atoms with van der Waals surface area (Å²) in [6.07, 6.45) is -0.989. The highest BCUT2D eigenvalue weighted by molar-refractivity contribution is 7.92. The molecule has 2 aromatic carbocycles. The molecule has 2 atom stereocenters. The van der Waals surface area contributed by atoms with Crippen LogP contribution in [0.25, 0.3) is 0 Å². The summed E-state index contributed by atoms with van der Waals surface area (Å²) in [5.74, 6) is -0.762. The van der Waals surface area contributed by atoms with E-state index in [-0.39, 0.29) is 5.56 Å². The summed E-state index contributed by atoms with van der Waals surface area (Å²) in [5, 5.41) is 8.78. The molecule has 0 unspecified atom stereocenters. The van der Waals surface area contributed by atoms with Crippen molar-refractivity contribution in [3.8, 4) is 11.8 Å². The summed E-state index contributed by atoms with van der Waals surface area (Å²) >= 11 is 0. The van der Waals surface area contributed by atoms with E-state index in [1.54, 1.807) is 24.3 Å². The van der Waals surface area contributed by atoms with Crippen molar-refractivity contribution in [2.45, 2.75) is 26.1 Å². The Kier molecular flexibility index (Phi) is 6.96. The second kappa shape index (κ2) is 9.21. The molecule has 8 nitrogen and oxygen atoms in total. The fourth-order valence-electron chi connectivity index (χ4n) is 2.34. The zero-order valence-corrected chi connectivity index (χ0v) is 16.9. The maximum Gasteiger partial charge on any atom is 0.347 e. The number of nitrogens with zero attached hydrogens (tertiary/aromatic N) is 1. The summed E-state index contributed by atoms with van der Waals surface area (Å²) in [5.41, 5.74) is 1.05. The summed E-state index contributed by atoms with van der Waals surface area (Å²) in [7, 11) is -3.42. The standard InChI is InChI=1S/C20H20N2O6S/c1-13(19(23)16-6-8-17(9-7-16)22-29(3,25)26)28-20(24)14(2)27-18-10-4-15(12-21)5-11-18/h4-11,13-14,22H,1-3H3/t13-,14-/m1/s1. The normalized spacial score (nSPS) is 12.9. The van der Waals surface area contributed by atoms with E-state index in [0.717, 1.165) is 6.26 Å². The van der Waals surface area contributed by atoms with Gasteiger partial charge in [0.15, 0.2) is 12.2 Å². The number of anilines is 1. The average Bonchev–Trinajstić information content (AvgIpc) is 2.67. The van der Waals surface area contributed by atoms with E-state index in [0.29, 0.717) is 17.0 Å². The Morgan fingerprint density at radius 1 is 1.00 bits per heavy atom. The molecule has 0 radical (unpaired) electrons. The van der Waals surface area contributed by atoms with Gasteiger partial charge in [-0.15, -0.1) is 0 Å². The number of Topliss-reactive ketones (excluding diaryl/α,β-unsaturated/α-hetero) is 1. The third-order valence-corrected chi connectivity index (χ3v) is 4.37. The molecule has 0 bridgehead atoms. The van der Waals surface area contributed by atoms with Gasteiger partial charge >= 0.3 is 5.97 Å². The summed E-state index contributed by atoms with van der Waals surface area (Å²) in [6, 6.07) is 14.0. The predicted molar refractivity (Wildman–Crippen MR) is 106 cm³/mol. The van der Waals surface area contributed by atoms with Gasteiger partial charge < -0.3 is 9.47 Å². The fourth-order valence-corrected chi connectivity index (χ4v) is 2.90. The zero-order valence-electron chi connectivity index (χ0n) is 16.1. The molecule has 1 N–H and O–H groups in total. The van der Waals surface area contributed by atoms with Crippen LogP contribution in [-0.2, 0) is 19.6 Å². The second-order valence-electron chi connectivity index (χ2n) is 6.29. The molecule has 9 heteroatoms. The molecule has 152 valence electrons. The number of esters is 1. The van der Waals surface area contributed by atoms with Crippen molar-refractivity contribution in [1.82, 2.24) is 0 Å². The largest absolute Gasteiger partial charge is 0.479 e. The van der Waals surface area contributed by atoms with Crippen LogP contribution in [0.4, 0.5) is 5.69 Å². The molecule has 0 fully saturated rings. The number of carbonyl (C=O) groups excluding carboxylic acids is 2. The van der Waals surface area contributed by atoms with Gasteiger partial charge in [-0.05, 0) is 62.4 Å². The minimum Gasteiger partial charge on any atom is -0.479 e. The lowest BCUT2D eigenvalue weighted by atomic mass is 10.1. The Balaban J connectivity index is 1.95. The first-order valence-corrected chi connectivity index (χ1v) is 10.5. The van der Waals surface area contributed by atoms with E-state index in [1.807, 2.05) is 6.07 Å². The summed E-state index contributed by atoms with van der Waals surface area (Å²) in [6.45, 7) is 2.93. The molecular weight excluding hydrogens is 396 g/mol. The number of rotatable bonds is 8. The van der Waals surface area contributed by atoms with Crippen LogP contribution in [0, 0.1) is 11.3 Å². The Labute approximate surface area is 169 Å². The van der Waals surface area contributed by atoms with E-state index in [4.69, 9.17) is 14.7 Å². The minimum absolute atomic E-state index is 0.269. The topological polar surface area (TPSA) is 123 Å². The van der Waals surface area contributed by atoms with Crippen molar-refractivity contribution in [2.75, 3.05) is 11.0 Å². The number of carbonyl (C=O) groups is 2. The highest BCUT2D eigenvalue weighted by atomic mass is 32.2. The van der Waals surface area contributed by atoms with Crippen molar-refractivity contribution in [3.05, 3.63) is 59.7 Å². The van der Waals surface area contributed by atoms with Gasteiger partial charge in [0, 0.05) is 11.3 Å². The SMILES string of the molecule is C[C@@H](Oc1ccc(C#N)cc1)C(=O)O[C@H](C)C(=O)c1ccc(NS(C)(=O)=O)cc1. The van der Waals surface area contributed by atoms with Crippen molar-refractivity contribution in [3.63, 3.8) is 0 Å². The fraction of sp³-hybridized carbons (Fsp3) is 0.250. The van der Waals surface area contributed by atoms with Gasteiger partial charge in [0.05, 0.1) is 17.9 Å². The quantitative estimate of drug-likeness (QED) is 0.518. The number of nitrogens with one attached hydrogen (secondary N) is 1. The zero-order chi connectivity index (χ0) is 21.6. The van der Waals surface area contributed by atoms with E-state index >= 15 is 0 Å². The Bertz CT molecular complexity index is 1020. The number of ketones is 1. The summed E-state index contributed by atoms with van der Waals surface area (Å²) in [4.78, 5) is 24.6. The van der Waals surface area contributed by atoms with Crippen LogP contribution >= 0.6 is 0 Å². The molecule has 2 rings (SSSR count). The molecule has 0 aliphatic carbocycles. The molecule has 0 aliphatic rings. The number of nitriles is 1. The van der Waals surface area contributed by atoms with Gasteiger partial charge in [0.25, 0.3) is 0 Å². The highest BCUT2D eigenvalue weighted by Crippen LogP contribution is 2.16. The molecule has 29 heavy (non-hydrogen) atoms. The van der Waals surface area contributed by atoms with Crippen LogP contribution in [0.1, 0.15) is 29.8 Å². The third kappa shape index (κ3) is 6.62. The lowest BCUT2D eigenvalue weighted by Crippen LogP contribution is -2.32. The number of ether oxygens (including phenoxy) is 2. The number of hydrogen-bond donors (Lipinski definition) is 1. The highest BCUT2D eigenvalue weighted by Gasteiger charge is 2.24. The number of benzene rings is 2. The number of sulfonamides is 1. The molecular formula is C20H20N2O6S. The molecule has 0 aromatic heterocycles. The second-order valence-corrected chi connectivity index (χ2v) is 8.04. The average molecular weight is 416 g/mol. The first-order valence-electron chi connectivity index (χ1n) is 8.58. The van der Waals surface area contributed by atoms with E-state index < -0.39 is 34.0 Å². The van der Waals surface area contributed by atoms with Crippen LogP contribution in [0.5, 0.6) is 5.75 Å². The van der Waals surface area contributed by atoms with Gasteiger partial charge in [-0.25, -0.2) is 13.2 Å². The van der Waals surface area contributed by atoms with Crippen LogP contribution in [-0.4, -0.2) is 38.6 Å². The monoisotopic (exact) mass is 416 g/mol. The Morgan fingerprint density at radius 3 is 2.10 bits per heavy atom. The van der Waals surface area contributed by atoms with Gasteiger partial charge in [-0.2, -0.15) is 5.26 Å². The van der Waals surface area contributed by atoms with Crippen LogP contribution < -0.4 is 9.46 Å². The van der Waals surface area contributed by atoms with Gasteiger partial charge in [-0.1, -0.05) is 0 Å². The first kappa shape index (κ1) is 21.9. The van der Waals surface area contributed by atoms with Gasteiger partial charge in [0.1, 0.15) is 5.75 Å². The molecule has 0 heterocycles. The van der Waals surface area contributed by atoms with E-state index in [2.05, 4.69) is 4.72 Å².